The zero-order valence-corrected chi connectivity index (χ0v) is 9.16. The van der Waals surface area contributed by atoms with Crippen LogP contribution in [0.5, 0.6) is 0 Å². The molecule has 4 heteroatoms. The molecule has 0 aromatic carbocycles. The van der Waals surface area contributed by atoms with Gasteiger partial charge in [0.25, 0.3) is 0 Å². The Morgan fingerprint density at radius 3 is 2.73 bits per heavy atom. The summed E-state index contributed by atoms with van der Waals surface area (Å²) in [7, 11) is 0. The molecule has 1 aliphatic carbocycles. The van der Waals surface area contributed by atoms with Crippen LogP contribution in [0, 0.1) is 5.41 Å². The van der Waals surface area contributed by atoms with Gasteiger partial charge in [0.1, 0.15) is 0 Å². The van der Waals surface area contributed by atoms with Gasteiger partial charge in [-0.2, -0.15) is 0 Å². The third-order valence-electron chi connectivity index (χ3n) is 3.71. The SMILES string of the molecule is CC1(C(=O)N[C@H]2CCN(C=O)C2)CCC1. The van der Waals surface area contributed by atoms with E-state index in [0.717, 1.165) is 38.6 Å². The van der Waals surface area contributed by atoms with Gasteiger partial charge in [0.2, 0.25) is 12.3 Å². The molecule has 0 unspecified atom stereocenters. The summed E-state index contributed by atoms with van der Waals surface area (Å²) in [5, 5.41) is 3.05. The monoisotopic (exact) mass is 210 g/mol. The van der Waals surface area contributed by atoms with Crippen molar-refractivity contribution in [2.24, 2.45) is 5.41 Å². The topological polar surface area (TPSA) is 49.4 Å². The number of nitrogens with zero attached hydrogens (tertiary/aromatic N) is 1. The van der Waals surface area contributed by atoms with Gasteiger partial charge in [-0.05, 0) is 19.3 Å². The summed E-state index contributed by atoms with van der Waals surface area (Å²) in [6, 6.07) is 0.167. The van der Waals surface area contributed by atoms with E-state index >= 15 is 0 Å². The van der Waals surface area contributed by atoms with Crippen LogP contribution >= 0.6 is 0 Å². The first-order valence-electron chi connectivity index (χ1n) is 5.64. The van der Waals surface area contributed by atoms with E-state index in [9.17, 15) is 9.59 Å². The van der Waals surface area contributed by atoms with Crippen LogP contribution in [0.4, 0.5) is 0 Å². The number of likely N-dealkylation sites (tertiary alicyclic amines) is 1. The van der Waals surface area contributed by atoms with Crippen LogP contribution in [0.2, 0.25) is 0 Å². The maximum atomic E-state index is 11.9. The molecule has 0 aromatic heterocycles. The van der Waals surface area contributed by atoms with Crippen LogP contribution < -0.4 is 5.32 Å². The molecule has 2 amide bonds. The minimum atomic E-state index is -0.130. The van der Waals surface area contributed by atoms with Crippen molar-refractivity contribution in [1.29, 1.82) is 0 Å². The Morgan fingerprint density at radius 2 is 2.27 bits per heavy atom. The Kier molecular flexibility index (Phi) is 2.67. The minimum Gasteiger partial charge on any atom is -0.351 e. The Bertz CT molecular complexity index is 274. The number of amides is 2. The molecule has 0 bridgehead atoms. The number of hydrogen-bond donors (Lipinski definition) is 1. The molecular weight excluding hydrogens is 192 g/mol. The number of carbonyl (C=O) groups excluding carboxylic acids is 2. The Hall–Kier alpha value is -1.06. The fourth-order valence-corrected chi connectivity index (χ4v) is 2.29. The number of hydrogen-bond acceptors (Lipinski definition) is 2. The van der Waals surface area contributed by atoms with Crippen LogP contribution in [0.3, 0.4) is 0 Å². The molecule has 4 nitrogen and oxygen atoms in total. The van der Waals surface area contributed by atoms with E-state index in [0.29, 0.717) is 6.54 Å². The van der Waals surface area contributed by atoms with E-state index in [-0.39, 0.29) is 17.4 Å². The zero-order chi connectivity index (χ0) is 10.9. The van der Waals surface area contributed by atoms with Crippen LogP contribution in [-0.4, -0.2) is 36.3 Å². The van der Waals surface area contributed by atoms with E-state index in [4.69, 9.17) is 0 Å². The van der Waals surface area contributed by atoms with Gasteiger partial charge >= 0.3 is 0 Å². The molecule has 2 aliphatic rings. The van der Waals surface area contributed by atoms with Crippen molar-refractivity contribution >= 4 is 12.3 Å². The summed E-state index contributed by atoms with van der Waals surface area (Å²) < 4.78 is 0. The molecule has 84 valence electrons. The predicted molar refractivity (Wildman–Crippen MR) is 56.1 cm³/mol. The van der Waals surface area contributed by atoms with Gasteiger partial charge in [-0.1, -0.05) is 13.3 Å². The molecule has 1 atom stereocenters. The van der Waals surface area contributed by atoms with Crippen molar-refractivity contribution in [3.63, 3.8) is 0 Å². The van der Waals surface area contributed by atoms with Gasteiger partial charge in [-0.15, -0.1) is 0 Å². The van der Waals surface area contributed by atoms with Crippen molar-refractivity contribution < 1.29 is 9.59 Å². The molecule has 2 rings (SSSR count). The molecule has 0 spiro atoms. The van der Waals surface area contributed by atoms with Gasteiger partial charge in [0, 0.05) is 24.5 Å². The molecule has 2 fully saturated rings. The second-order valence-corrected chi connectivity index (χ2v) is 4.97. The number of carbonyl (C=O) groups is 2. The highest BCUT2D eigenvalue weighted by atomic mass is 16.2. The molecule has 0 aromatic rings. The van der Waals surface area contributed by atoms with Gasteiger partial charge in [0.15, 0.2) is 0 Å². The van der Waals surface area contributed by atoms with E-state index in [1.807, 2.05) is 6.92 Å². The summed E-state index contributed by atoms with van der Waals surface area (Å²) in [6.45, 7) is 3.47. The molecule has 1 saturated heterocycles. The van der Waals surface area contributed by atoms with E-state index in [1.165, 1.54) is 0 Å². The number of nitrogens with one attached hydrogen (secondary N) is 1. The van der Waals surface area contributed by atoms with Gasteiger partial charge in [-0.3, -0.25) is 9.59 Å². The summed E-state index contributed by atoms with van der Waals surface area (Å²) in [6.07, 6.45) is 4.92. The summed E-state index contributed by atoms with van der Waals surface area (Å²) in [5.74, 6) is 0.173. The first kappa shape index (κ1) is 10.5. The summed E-state index contributed by atoms with van der Waals surface area (Å²) >= 11 is 0. The first-order chi connectivity index (χ1) is 7.14. The lowest BCUT2D eigenvalue weighted by Gasteiger charge is -2.37. The van der Waals surface area contributed by atoms with Crippen molar-refractivity contribution in [1.82, 2.24) is 10.2 Å². The highest BCUT2D eigenvalue weighted by Crippen LogP contribution is 2.40. The van der Waals surface area contributed by atoms with Crippen LogP contribution in [0.1, 0.15) is 32.6 Å². The van der Waals surface area contributed by atoms with E-state index < -0.39 is 0 Å². The molecular formula is C11H18N2O2. The minimum absolute atomic E-state index is 0.130. The highest BCUT2D eigenvalue weighted by Gasteiger charge is 2.40. The molecule has 0 radical (unpaired) electrons. The lowest BCUT2D eigenvalue weighted by molar-refractivity contribution is -0.135. The largest absolute Gasteiger partial charge is 0.351 e. The van der Waals surface area contributed by atoms with Crippen LogP contribution in [0.25, 0.3) is 0 Å². The van der Waals surface area contributed by atoms with Gasteiger partial charge in [0.05, 0.1) is 0 Å². The van der Waals surface area contributed by atoms with Crippen molar-refractivity contribution in [3.05, 3.63) is 0 Å². The van der Waals surface area contributed by atoms with Crippen molar-refractivity contribution in [2.75, 3.05) is 13.1 Å². The van der Waals surface area contributed by atoms with Gasteiger partial charge < -0.3 is 10.2 Å². The second-order valence-electron chi connectivity index (χ2n) is 4.97. The normalized spacial score (nSPS) is 28.3. The molecule has 15 heavy (non-hydrogen) atoms. The highest BCUT2D eigenvalue weighted by molar-refractivity contribution is 5.83. The third-order valence-corrected chi connectivity index (χ3v) is 3.71. The maximum absolute atomic E-state index is 11.9. The predicted octanol–water partition coefficient (Wildman–Crippen LogP) is 0.523. The quantitative estimate of drug-likeness (QED) is 0.690. The fourth-order valence-electron chi connectivity index (χ4n) is 2.29. The molecule has 1 heterocycles. The van der Waals surface area contributed by atoms with E-state index in [2.05, 4.69) is 5.32 Å². The van der Waals surface area contributed by atoms with E-state index in [1.54, 1.807) is 4.90 Å². The number of rotatable bonds is 3. The smallest absolute Gasteiger partial charge is 0.226 e. The molecule has 1 aliphatic heterocycles. The Labute approximate surface area is 90.0 Å². The zero-order valence-electron chi connectivity index (χ0n) is 9.16. The Morgan fingerprint density at radius 1 is 1.53 bits per heavy atom. The first-order valence-corrected chi connectivity index (χ1v) is 5.64. The fraction of sp³-hybridized carbons (Fsp3) is 0.818. The third kappa shape index (κ3) is 1.98. The van der Waals surface area contributed by atoms with Crippen LogP contribution in [-0.2, 0) is 9.59 Å². The second kappa shape index (κ2) is 3.83. The van der Waals surface area contributed by atoms with Crippen molar-refractivity contribution in [3.8, 4) is 0 Å². The maximum Gasteiger partial charge on any atom is 0.226 e. The summed E-state index contributed by atoms with van der Waals surface area (Å²) in [4.78, 5) is 24.1. The Balaban J connectivity index is 1.82. The standard InChI is InChI=1S/C11H18N2O2/c1-11(4-2-5-11)10(15)12-9-3-6-13(7-9)8-14/h8-9H,2-7H2,1H3,(H,12,15)/t9-/m0/s1. The molecule has 1 saturated carbocycles. The average molecular weight is 210 g/mol. The summed E-state index contributed by atoms with van der Waals surface area (Å²) in [5.41, 5.74) is -0.130. The van der Waals surface area contributed by atoms with Crippen LogP contribution in [0.15, 0.2) is 0 Å². The molecule has 1 N–H and O–H groups in total. The average Bonchev–Trinajstić information content (AvgIpc) is 2.61. The van der Waals surface area contributed by atoms with Gasteiger partial charge in [-0.25, -0.2) is 0 Å². The van der Waals surface area contributed by atoms with Crippen molar-refractivity contribution in [2.45, 2.75) is 38.6 Å². The lowest BCUT2D eigenvalue weighted by Crippen LogP contribution is -2.48. The lowest BCUT2D eigenvalue weighted by atomic mass is 9.70.